The Labute approximate surface area is 199 Å². The second-order valence-electron chi connectivity index (χ2n) is 9.63. The minimum Gasteiger partial charge on any atom is -0.337 e. The summed E-state index contributed by atoms with van der Waals surface area (Å²) in [5, 5.41) is 3.71. The van der Waals surface area contributed by atoms with Gasteiger partial charge >= 0.3 is 0 Å². The van der Waals surface area contributed by atoms with Gasteiger partial charge in [0, 0.05) is 42.4 Å². The van der Waals surface area contributed by atoms with Gasteiger partial charge < -0.3 is 9.69 Å². The highest BCUT2D eigenvalue weighted by Gasteiger charge is 2.40. The molecule has 5 nitrogen and oxygen atoms in total. The van der Waals surface area contributed by atoms with Crippen LogP contribution in [0.4, 0.5) is 0 Å². The van der Waals surface area contributed by atoms with Crippen molar-refractivity contribution in [3.8, 4) is 0 Å². The second kappa shape index (κ2) is 10.0. The lowest BCUT2D eigenvalue weighted by Crippen LogP contribution is -2.51. The van der Waals surface area contributed by atoms with Crippen LogP contribution in [0.15, 0.2) is 23.6 Å². The Kier molecular flexibility index (Phi) is 7.33. The molecule has 1 aromatic heterocycles. The lowest BCUT2D eigenvalue weighted by atomic mass is 9.72. The van der Waals surface area contributed by atoms with Gasteiger partial charge in [0.05, 0.1) is 5.01 Å². The van der Waals surface area contributed by atoms with Gasteiger partial charge in [0.25, 0.3) is 5.91 Å². The molecule has 1 amide bonds. The highest BCUT2D eigenvalue weighted by molar-refractivity contribution is 7.09. The van der Waals surface area contributed by atoms with Gasteiger partial charge in [-0.05, 0) is 61.4 Å². The molecule has 2 fully saturated rings. The minimum absolute atomic E-state index is 0.0911. The number of aldehydes is 1. The van der Waals surface area contributed by atoms with Gasteiger partial charge in [-0.3, -0.25) is 9.69 Å². The predicted molar refractivity (Wildman–Crippen MR) is 130 cm³/mol. The fraction of sp³-hybridized carbons (Fsp3) is 0.560. The monoisotopic (exact) mass is 473 g/mol. The number of likely N-dealkylation sites (tertiary alicyclic amines) is 2. The Balaban J connectivity index is 1.37. The summed E-state index contributed by atoms with van der Waals surface area (Å²) in [6.45, 7) is 8.71. The number of benzene rings is 1. The minimum atomic E-state index is 0.0911. The van der Waals surface area contributed by atoms with Crippen molar-refractivity contribution in [1.29, 1.82) is 0 Å². The lowest BCUT2D eigenvalue weighted by Gasteiger charge is -2.47. The van der Waals surface area contributed by atoms with Gasteiger partial charge in [0.15, 0.2) is 0 Å². The average Bonchev–Trinajstić information content (AvgIpc) is 3.28. The number of hydrogen-bond donors (Lipinski definition) is 0. The molecule has 7 heteroatoms. The predicted octanol–water partition coefficient (Wildman–Crippen LogP) is 5.18. The largest absolute Gasteiger partial charge is 0.337 e. The third kappa shape index (κ3) is 5.24. The zero-order valence-corrected chi connectivity index (χ0v) is 20.6. The molecule has 2 saturated heterocycles. The van der Waals surface area contributed by atoms with E-state index in [4.69, 9.17) is 11.6 Å². The van der Waals surface area contributed by atoms with Crippen LogP contribution >= 0.6 is 22.9 Å². The Morgan fingerprint density at radius 2 is 2.03 bits per heavy atom. The maximum Gasteiger partial charge on any atom is 0.273 e. The number of rotatable bonds is 6. The van der Waals surface area contributed by atoms with Crippen molar-refractivity contribution in [2.75, 3.05) is 26.2 Å². The van der Waals surface area contributed by atoms with Crippen molar-refractivity contribution < 1.29 is 9.59 Å². The maximum atomic E-state index is 13.1. The van der Waals surface area contributed by atoms with Crippen LogP contribution in [0.2, 0.25) is 5.02 Å². The Bertz CT molecular complexity index is 966. The lowest BCUT2D eigenvalue weighted by molar-refractivity contribution is -0.107. The second-order valence-corrected chi connectivity index (χ2v) is 10.9. The highest BCUT2D eigenvalue weighted by atomic mass is 35.5. The summed E-state index contributed by atoms with van der Waals surface area (Å²) in [6, 6.07) is 5.88. The zero-order chi connectivity index (χ0) is 22.7. The molecular formula is C25H32ClN3O2S. The summed E-state index contributed by atoms with van der Waals surface area (Å²) in [5.41, 5.74) is 2.92. The molecule has 0 unspecified atom stereocenters. The van der Waals surface area contributed by atoms with Crippen LogP contribution < -0.4 is 0 Å². The van der Waals surface area contributed by atoms with E-state index in [0.717, 1.165) is 79.4 Å². The van der Waals surface area contributed by atoms with Crippen LogP contribution in [-0.2, 0) is 17.8 Å². The third-order valence-electron chi connectivity index (χ3n) is 6.92. The number of piperidine rings is 2. The normalized spacial score (nSPS) is 18.9. The summed E-state index contributed by atoms with van der Waals surface area (Å²) >= 11 is 8.01. The van der Waals surface area contributed by atoms with Crippen LogP contribution in [0.3, 0.4) is 0 Å². The number of hydrogen-bond acceptors (Lipinski definition) is 5. The van der Waals surface area contributed by atoms with Crippen molar-refractivity contribution in [2.45, 2.75) is 58.4 Å². The van der Waals surface area contributed by atoms with E-state index in [1.165, 1.54) is 6.42 Å². The molecule has 1 spiro atoms. The first kappa shape index (κ1) is 23.4. The number of halogens is 1. The first-order valence-electron chi connectivity index (χ1n) is 11.6. The number of aromatic nitrogens is 1. The van der Waals surface area contributed by atoms with Crippen LogP contribution in [0.5, 0.6) is 0 Å². The van der Waals surface area contributed by atoms with E-state index in [2.05, 4.69) is 29.8 Å². The molecule has 3 heterocycles. The zero-order valence-electron chi connectivity index (χ0n) is 19.0. The fourth-order valence-corrected chi connectivity index (χ4v) is 5.99. The van der Waals surface area contributed by atoms with E-state index < -0.39 is 0 Å². The molecule has 172 valence electrons. The molecule has 0 radical (unpaired) electrons. The fourth-order valence-electron chi connectivity index (χ4n) is 5.00. The van der Waals surface area contributed by atoms with Crippen LogP contribution in [0.25, 0.3) is 0 Å². The first-order chi connectivity index (χ1) is 15.4. The van der Waals surface area contributed by atoms with Crippen LogP contribution in [0.1, 0.15) is 72.1 Å². The van der Waals surface area contributed by atoms with E-state index in [1.54, 1.807) is 11.3 Å². The number of nitrogens with zero attached hydrogens (tertiary/aromatic N) is 3. The van der Waals surface area contributed by atoms with Crippen LogP contribution in [0, 0.1) is 5.41 Å². The molecule has 2 aliphatic rings. The molecule has 0 atom stereocenters. The Morgan fingerprint density at radius 1 is 1.25 bits per heavy atom. The summed E-state index contributed by atoms with van der Waals surface area (Å²) in [7, 11) is 0. The number of amides is 1. The molecule has 0 saturated carbocycles. The van der Waals surface area contributed by atoms with E-state index in [-0.39, 0.29) is 11.3 Å². The van der Waals surface area contributed by atoms with Gasteiger partial charge in [-0.1, -0.05) is 37.6 Å². The molecule has 2 aliphatic heterocycles. The van der Waals surface area contributed by atoms with Gasteiger partial charge in [-0.2, -0.15) is 0 Å². The molecular weight excluding hydrogens is 442 g/mol. The summed E-state index contributed by atoms with van der Waals surface area (Å²) in [6.07, 6.45) is 5.80. The smallest absolute Gasteiger partial charge is 0.273 e. The molecule has 0 N–H and O–H groups in total. The molecule has 2 aromatic rings. The van der Waals surface area contributed by atoms with Gasteiger partial charge in [0.2, 0.25) is 0 Å². The van der Waals surface area contributed by atoms with Gasteiger partial charge in [-0.25, -0.2) is 4.98 Å². The summed E-state index contributed by atoms with van der Waals surface area (Å²) < 4.78 is 0. The van der Waals surface area contributed by atoms with Gasteiger partial charge in [-0.15, -0.1) is 11.3 Å². The summed E-state index contributed by atoms with van der Waals surface area (Å²) in [5.74, 6) is 0.444. The quantitative estimate of drug-likeness (QED) is 0.542. The van der Waals surface area contributed by atoms with Crippen molar-refractivity contribution in [1.82, 2.24) is 14.8 Å². The first-order valence-corrected chi connectivity index (χ1v) is 12.8. The topological polar surface area (TPSA) is 53.5 Å². The molecule has 4 rings (SSSR count). The Hall–Kier alpha value is -1.76. The van der Waals surface area contributed by atoms with E-state index in [1.807, 2.05) is 22.4 Å². The van der Waals surface area contributed by atoms with Crippen LogP contribution in [-0.4, -0.2) is 53.2 Å². The van der Waals surface area contributed by atoms with Crippen molar-refractivity contribution >= 4 is 35.1 Å². The summed E-state index contributed by atoms with van der Waals surface area (Å²) in [4.78, 5) is 33.0. The highest BCUT2D eigenvalue weighted by Crippen LogP contribution is 2.40. The standard InChI is InChI=1S/C25H32ClN3O2S/c1-18(2)23-27-22(16-32-23)24(31)29-10-3-7-25(17-29)8-11-28(12-9-25)15-20-14-19(6-13-30)4-5-21(20)26/h4-5,13-14,16,18H,3,6-12,15,17H2,1-2H3. The number of carbonyl (C=O) groups is 2. The van der Waals surface area contributed by atoms with Gasteiger partial charge in [0.1, 0.15) is 12.0 Å². The van der Waals surface area contributed by atoms with E-state index in [9.17, 15) is 9.59 Å². The maximum absolute atomic E-state index is 13.1. The average molecular weight is 474 g/mol. The van der Waals surface area contributed by atoms with E-state index >= 15 is 0 Å². The SMILES string of the molecule is CC(C)c1nc(C(=O)N2CCCC3(CCN(Cc4cc(CC=O)ccc4Cl)CC3)C2)cs1. The van der Waals surface area contributed by atoms with Crippen molar-refractivity contribution in [3.05, 3.63) is 50.4 Å². The number of carbonyl (C=O) groups excluding carboxylic acids is 2. The van der Waals surface area contributed by atoms with Crippen molar-refractivity contribution in [3.63, 3.8) is 0 Å². The molecule has 0 aliphatic carbocycles. The number of thiazole rings is 1. The third-order valence-corrected chi connectivity index (χ3v) is 8.44. The molecule has 32 heavy (non-hydrogen) atoms. The van der Waals surface area contributed by atoms with Crippen molar-refractivity contribution in [2.24, 2.45) is 5.41 Å². The molecule has 1 aromatic carbocycles. The molecule has 0 bridgehead atoms. The Morgan fingerprint density at radius 3 is 2.72 bits per heavy atom. The van der Waals surface area contributed by atoms with E-state index in [0.29, 0.717) is 18.0 Å².